The van der Waals surface area contributed by atoms with E-state index in [-0.39, 0.29) is 11.8 Å². The average molecular weight is 208 g/mol. The van der Waals surface area contributed by atoms with Crippen LogP contribution in [0, 0.1) is 5.92 Å². The van der Waals surface area contributed by atoms with E-state index in [2.05, 4.69) is 10.1 Å². The predicted molar refractivity (Wildman–Crippen MR) is 55.3 cm³/mol. The first kappa shape index (κ1) is 10.3. The molecule has 15 heavy (non-hydrogen) atoms. The first-order valence-corrected chi connectivity index (χ1v) is 5.31. The van der Waals surface area contributed by atoms with Gasteiger partial charge in [0.25, 0.3) is 0 Å². The van der Waals surface area contributed by atoms with Crippen molar-refractivity contribution in [2.45, 2.75) is 31.7 Å². The van der Waals surface area contributed by atoms with Crippen LogP contribution < -0.4 is 5.73 Å². The van der Waals surface area contributed by atoms with Gasteiger partial charge in [0.05, 0.1) is 0 Å². The van der Waals surface area contributed by atoms with Gasteiger partial charge in [-0.2, -0.15) is 5.10 Å². The molecule has 5 heteroatoms. The van der Waals surface area contributed by atoms with E-state index in [1.165, 1.54) is 11.0 Å². The maximum absolute atomic E-state index is 11.8. The Morgan fingerprint density at radius 3 is 3.00 bits per heavy atom. The number of carbonyl (C=O) groups is 1. The predicted octanol–water partition coefficient (Wildman–Crippen LogP) is 0.515. The lowest BCUT2D eigenvalue weighted by molar-refractivity contribution is 0.0944. The number of hydrogen-bond acceptors (Lipinski definition) is 4. The lowest BCUT2D eigenvalue weighted by Crippen LogP contribution is -2.27. The third kappa shape index (κ3) is 2.07. The molecule has 0 aromatic carbocycles. The molecule has 0 amide bonds. The van der Waals surface area contributed by atoms with Gasteiger partial charge in [-0.1, -0.05) is 6.42 Å². The summed E-state index contributed by atoms with van der Waals surface area (Å²) in [6.07, 6.45) is 5.15. The SMILES string of the molecule is Cn1ncnc1C(=O)C[C@@H]1CCC[C@H]1N. The van der Waals surface area contributed by atoms with E-state index in [4.69, 9.17) is 5.73 Å². The Morgan fingerprint density at radius 2 is 2.47 bits per heavy atom. The highest BCUT2D eigenvalue weighted by atomic mass is 16.1. The van der Waals surface area contributed by atoms with Crippen molar-refractivity contribution in [3.05, 3.63) is 12.2 Å². The van der Waals surface area contributed by atoms with Gasteiger partial charge in [0.15, 0.2) is 11.6 Å². The molecule has 1 saturated carbocycles. The minimum atomic E-state index is 0.0531. The summed E-state index contributed by atoms with van der Waals surface area (Å²) in [4.78, 5) is 15.8. The largest absolute Gasteiger partial charge is 0.327 e. The Bertz CT molecular complexity index is 360. The second-order valence-electron chi connectivity index (χ2n) is 4.19. The van der Waals surface area contributed by atoms with E-state index in [1.807, 2.05) is 0 Å². The van der Waals surface area contributed by atoms with Crippen molar-refractivity contribution in [1.29, 1.82) is 0 Å². The Balaban J connectivity index is 2.01. The molecule has 82 valence electrons. The molecule has 0 bridgehead atoms. The second kappa shape index (κ2) is 4.10. The van der Waals surface area contributed by atoms with Gasteiger partial charge in [0, 0.05) is 19.5 Å². The molecule has 1 aliphatic carbocycles. The second-order valence-corrected chi connectivity index (χ2v) is 4.19. The summed E-state index contributed by atoms with van der Waals surface area (Å²) in [6.45, 7) is 0. The van der Waals surface area contributed by atoms with Crippen LogP contribution in [-0.2, 0) is 7.05 Å². The fraction of sp³-hybridized carbons (Fsp3) is 0.700. The Labute approximate surface area is 88.7 Å². The first-order valence-electron chi connectivity index (χ1n) is 5.31. The van der Waals surface area contributed by atoms with Gasteiger partial charge in [0.1, 0.15) is 6.33 Å². The molecule has 5 nitrogen and oxygen atoms in total. The number of aryl methyl sites for hydroxylation is 1. The first-order chi connectivity index (χ1) is 7.18. The minimum Gasteiger partial charge on any atom is -0.327 e. The van der Waals surface area contributed by atoms with Crippen LogP contribution in [0.3, 0.4) is 0 Å². The summed E-state index contributed by atoms with van der Waals surface area (Å²) in [5.41, 5.74) is 5.92. The van der Waals surface area contributed by atoms with Gasteiger partial charge in [-0.25, -0.2) is 9.67 Å². The van der Waals surface area contributed by atoms with Crippen molar-refractivity contribution in [2.24, 2.45) is 18.7 Å². The lowest BCUT2D eigenvalue weighted by atomic mass is 9.97. The van der Waals surface area contributed by atoms with Crippen LogP contribution in [-0.4, -0.2) is 26.6 Å². The van der Waals surface area contributed by atoms with E-state index < -0.39 is 0 Å². The van der Waals surface area contributed by atoms with Gasteiger partial charge in [-0.15, -0.1) is 0 Å². The van der Waals surface area contributed by atoms with Crippen LogP contribution in [0.5, 0.6) is 0 Å². The number of Topliss-reactive ketones (excluding diaryl/α,β-unsaturated/α-hetero) is 1. The molecule has 2 rings (SSSR count). The normalized spacial score (nSPS) is 25.7. The molecule has 0 unspecified atom stereocenters. The molecule has 1 aliphatic rings. The number of nitrogens with zero attached hydrogens (tertiary/aromatic N) is 3. The molecule has 2 atom stereocenters. The Hall–Kier alpha value is -1.23. The van der Waals surface area contributed by atoms with Gasteiger partial charge in [-0.05, 0) is 18.8 Å². The molecule has 1 fully saturated rings. The zero-order valence-electron chi connectivity index (χ0n) is 8.89. The fourth-order valence-corrected chi connectivity index (χ4v) is 2.20. The Morgan fingerprint density at radius 1 is 1.67 bits per heavy atom. The summed E-state index contributed by atoms with van der Waals surface area (Å²) < 4.78 is 1.52. The minimum absolute atomic E-state index is 0.0531. The lowest BCUT2D eigenvalue weighted by Gasteiger charge is -2.13. The van der Waals surface area contributed by atoms with E-state index >= 15 is 0 Å². The highest BCUT2D eigenvalue weighted by molar-refractivity contribution is 5.92. The number of carbonyl (C=O) groups excluding carboxylic acids is 1. The van der Waals surface area contributed by atoms with Crippen LogP contribution >= 0.6 is 0 Å². The highest BCUT2D eigenvalue weighted by Gasteiger charge is 2.27. The molecule has 0 spiro atoms. The molecule has 0 aliphatic heterocycles. The van der Waals surface area contributed by atoms with Crippen LogP contribution in [0.2, 0.25) is 0 Å². The van der Waals surface area contributed by atoms with Gasteiger partial charge in [0.2, 0.25) is 0 Å². The number of nitrogens with two attached hydrogens (primary N) is 1. The van der Waals surface area contributed by atoms with E-state index in [1.54, 1.807) is 7.05 Å². The summed E-state index contributed by atoms with van der Waals surface area (Å²) in [5, 5.41) is 3.88. The maximum atomic E-state index is 11.8. The van der Waals surface area contributed by atoms with Crippen LogP contribution in [0.25, 0.3) is 0 Å². The zero-order chi connectivity index (χ0) is 10.8. The molecule has 0 radical (unpaired) electrons. The van der Waals surface area contributed by atoms with E-state index in [0.29, 0.717) is 18.2 Å². The molecule has 1 heterocycles. The smallest absolute Gasteiger partial charge is 0.200 e. The quantitative estimate of drug-likeness (QED) is 0.735. The molecular formula is C10H16N4O. The molecule has 1 aromatic heterocycles. The summed E-state index contributed by atoms with van der Waals surface area (Å²) in [7, 11) is 1.73. The maximum Gasteiger partial charge on any atom is 0.200 e. The van der Waals surface area contributed by atoms with Crippen LogP contribution in [0.1, 0.15) is 36.3 Å². The molecule has 2 N–H and O–H groups in total. The fourth-order valence-electron chi connectivity index (χ4n) is 2.20. The third-order valence-electron chi connectivity index (χ3n) is 3.13. The topological polar surface area (TPSA) is 73.8 Å². The van der Waals surface area contributed by atoms with Crippen LogP contribution in [0.15, 0.2) is 6.33 Å². The van der Waals surface area contributed by atoms with E-state index in [0.717, 1.165) is 19.3 Å². The number of hydrogen-bond donors (Lipinski definition) is 1. The summed E-state index contributed by atoms with van der Waals surface area (Å²) in [6, 6.07) is 0.183. The zero-order valence-corrected chi connectivity index (χ0v) is 8.89. The van der Waals surface area contributed by atoms with Crippen molar-refractivity contribution >= 4 is 5.78 Å². The van der Waals surface area contributed by atoms with Crippen molar-refractivity contribution < 1.29 is 4.79 Å². The van der Waals surface area contributed by atoms with Crippen molar-refractivity contribution in [1.82, 2.24) is 14.8 Å². The summed E-state index contributed by atoms with van der Waals surface area (Å²) in [5.74, 6) is 0.820. The van der Waals surface area contributed by atoms with Crippen molar-refractivity contribution in [2.75, 3.05) is 0 Å². The number of rotatable bonds is 3. The van der Waals surface area contributed by atoms with Gasteiger partial charge in [-0.3, -0.25) is 4.79 Å². The number of ketones is 1. The van der Waals surface area contributed by atoms with Gasteiger partial charge >= 0.3 is 0 Å². The standard InChI is InChI=1S/C10H16N4O/c1-14-10(12-6-13-14)9(15)5-7-3-2-4-8(7)11/h6-8H,2-5,11H2,1H3/t7-,8+/m0/s1. The number of aromatic nitrogens is 3. The average Bonchev–Trinajstić information content (AvgIpc) is 2.76. The van der Waals surface area contributed by atoms with Crippen molar-refractivity contribution in [3.63, 3.8) is 0 Å². The molecule has 1 aromatic rings. The van der Waals surface area contributed by atoms with Crippen molar-refractivity contribution in [3.8, 4) is 0 Å². The Kier molecular flexibility index (Phi) is 2.81. The monoisotopic (exact) mass is 208 g/mol. The summed E-state index contributed by atoms with van der Waals surface area (Å²) >= 11 is 0. The van der Waals surface area contributed by atoms with Crippen LogP contribution in [0.4, 0.5) is 0 Å². The molecule has 0 saturated heterocycles. The van der Waals surface area contributed by atoms with Gasteiger partial charge < -0.3 is 5.73 Å². The van der Waals surface area contributed by atoms with E-state index in [9.17, 15) is 4.79 Å². The highest BCUT2D eigenvalue weighted by Crippen LogP contribution is 2.27. The molecular weight excluding hydrogens is 192 g/mol. The third-order valence-corrected chi connectivity index (χ3v) is 3.13.